The first-order chi connectivity index (χ1) is 13.0. The minimum absolute atomic E-state index is 0.120. The molecule has 3 aromatic carbocycles. The van der Waals surface area contributed by atoms with Crippen LogP contribution in [0.15, 0.2) is 83.3 Å². The lowest BCUT2D eigenvalue weighted by molar-refractivity contribution is -0.111. The first-order valence-corrected chi connectivity index (χ1v) is 9.34. The van der Waals surface area contributed by atoms with Crippen molar-refractivity contribution in [1.29, 1.82) is 0 Å². The van der Waals surface area contributed by atoms with Crippen LogP contribution in [-0.4, -0.2) is 11.7 Å². The molecule has 0 aliphatic rings. The maximum absolute atomic E-state index is 12.7. The molecule has 1 amide bonds. The van der Waals surface area contributed by atoms with Crippen molar-refractivity contribution in [3.05, 3.63) is 105 Å². The number of carbonyl (C=O) groups excluding carboxylic acids is 2. The van der Waals surface area contributed by atoms with Crippen LogP contribution in [0.5, 0.6) is 0 Å². The van der Waals surface area contributed by atoms with Gasteiger partial charge in [0.1, 0.15) is 0 Å². The quantitative estimate of drug-likeness (QED) is 0.391. The molecule has 0 saturated carbocycles. The predicted molar refractivity (Wildman–Crippen MR) is 113 cm³/mol. The third-order valence-electron chi connectivity index (χ3n) is 3.83. The minimum atomic E-state index is -0.310. The largest absolute Gasteiger partial charge is 0.322 e. The molecule has 0 unspecified atom stereocenters. The number of hydrogen-bond acceptors (Lipinski definition) is 2. The lowest BCUT2D eigenvalue weighted by Gasteiger charge is -2.08. The Labute approximate surface area is 170 Å². The summed E-state index contributed by atoms with van der Waals surface area (Å²) in [6.07, 6.45) is 3.05. The summed E-state index contributed by atoms with van der Waals surface area (Å²) in [5.41, 5.74) is 2.35. The van der Waals surface area contributed by atoms with E-state index in [9.17, 15) is 9.59 Å². The molecule has 0 aromatic heterocycles. The van der Waals surface area contributed by atoms with E-state index in [4.69, 9.17) is 11.6 Å². The van der Waals surface area contributed by atoms with E-state index >= 15 is 0 Å². The van der Waals surface area contributed by atoms with Crippen molar-refractivity contribution in [3.8, 4) is 0 Å². The summed E-state index contributed by atoms with van der Waals surface area (Å²) in [4.78, 5) is 24.9. The second kappa shape index (κ2) is 8.80. The fourth-order valence-electron chi connectivity index (χ4n) is 2.48. The van der Waals surface area contributed by atoms with Gasteiger partial charge >= 0.3 is 0 Å². The van der Waals surface area contributed by atoms with Gasteiger partial charge in [0.15, 0.2) is 5.78 Å². The number of carbonyl (C=O) groups is 2. The monoisotopic (exact) mass is 439 g/mol. The van der Waals surface area contributed by atoms with Gasteiger partial charge in [-0.05, 0) is 35.9 Å². The third kappa shape index (κ3) is 4.94. The highest BCUT2D eigenvalue weighted by Crippen LogP contribution is 2.24. The van der Waals surface area contributed by atoms with Crippen molar-refractivity contribution in [2.24, 2.45) is 0 Å². The molecule has 0 aliphatic carbocycles. The molecule has 3 rings (SSSR count). The average Bonchev–Trinajstić information content (AvgIpc) is 2.69. The van der Waals surface area contributed by atoms with Gasteiger partial charge in [-0.25, -0.2) is 0 Å². The number of rotatable bonds is 5. The molecular weight excluding hydrogens is 426 g/mol. The molecule has 0 saturated heterocycles. The fraction of sp³-hybridized carbons (Fsp3) is 0. The zero-order valence-corrected chi connectivity index (χ0v) is 16.5. The van der Waals surface area contributed by atoms with Crippen LogP contribution in [-0.2, 0) is 4.79 Å². The average molecular weight is 441 g/mol. The molecule has 27 heavy (non-hydrogen) atoms. The van der Waals surface area contributed by atoms with Crippen LogP contribution >= 0.6 is 27.5 Å². The highest BCUT2D eigenvalue weighted by atomic mass is 79.9. The van der Waals surface area contributed by atoms with E-state index in [0.29, 0.717) is 26.3 Å². The van der Waals surface area contributed by atoms with Gasteiger partial charge in [0.05, 0.1) is 0 Å². The van der Waals surface area contributed by atoms with Crippen LogP contribution in [0.25, 0.3) is 6.08 Å². The summed E-state index contributed by atoms with van der Waals surface area (Å²) in [5.74, 6) is -0.430. The molecule has 0 spiro atoms. The number of nitrogens with one attached hydrogen (secondary N) is 1. The van der Waals surface area contributed by atoms with E-state index in [1.54, 1.807) is 42.5 Å². The van der Waals surface area contributed by atoms with Crippen LogP contribution in [0.2, 0.25) is 5.02 Å². The van der Waals surface area contributed by atoms with Crippen molar-refractivity contribution < 1.29 is 9.59 Å². The summed E-state index contributed by atoms with van der Waals surface area (Å²) < 4.78 is 0.668. The Balaban J connectivity index is 1.77. The van der Waals surface area contributed by atoms with Crippen molar-refractivity contribution in [2.75, 3.05) is 5.32 Å². The summed E-state index contributed by atoms with van der Waals surface area (Å²) in [6.45, 7) is 0. The summed E-state index contributed by atoms with van der Waals surface area (Å²) in [5, 5.41) is 3.33. The number of amides is 1. The van der Waals surface area contributed by atoms with Crippen LogP contribution in [0.1, 0.15) is 21.5 Å². The molecule has 0 heterocycles. The van der Waals surface area contributed by atoms with Gasteiger partial charge in [0.25, 0.3) is 0 Å². The smallest absolute Gasteiger partial charge is 0.248 e. The zero-order valence-electron chi connectivity index (χ0n) is 14.2. The van der Waals surface area contributed by atoms with E-state index in [-0.39, 0.29) is 11.7 Å². The van der Waals surface area contributed by atoms with Crippen molar-refractivity contribution in [1.82, 2.24) is 0 Å². The third-order valence-corrected chi connectivity index (χ3v) is 4.87. The molecule has 3 nitrogen and oxygen atoms in total. The van der Waals surface area contributed by atoms with Crippen LogP contribution in [0.4, 0.5) is 5.69 Å². The Morgan fingerprint density at radius 2 is 1.63 bits per heavy atom. The standard InChI is InChI=1S/C22H15BrClNO2/c23-19-12-11-17(14-18(19)22(27)16-7-2-1-3-8-16)25-21(26)13-10-15-6-4-5-9-20(15)24/h1-14H,(H,25,26)/b13-10+. The number of anilines is 1. The fourth-order valence-corrected chi connectivity index (χ4v) is 3.11. The van der Waals surface area contributed by atoms with E-state index in [0.717, 1.165) is 5.56 Å². The molecule has 0 radical (unpaired) electrons. The Kier molecular flexibility index (Phi) is 6.22. The Morgan fingerprint density at radius 3 is 2.37 bits per heavy atom. The molecule has 0 bridgehead atoms. The molecule has 5 heteroatoms. The summed E-state index contributed by atoms with van der Waals surface area (Å²) in [7, 11) is 0. The van der Waals surface area contributed by atoms with Crippen LogP contribution in [0, 0.1) is 0 Å². The van der Waals surface area contributed by atoms with E-state index in [1.165, 1.54) is 6.08 Å². The van der Waals surface area contributed by atoms with E-state index < -0.39 is 0 Å². The minimum Gasteiger partial charge on any atom is -0.322 e. The molecule has 0 aliphatic heterocycles. The molecule has 1 N–H and O–H groups in total. The van der Waals surface area contributed by atoms with Gasteiger partial charge in [-0.2, -0.15) is 0 Å². The Morgan fingerprint density at radius 1 is 0.926 bits per heavy atom. The second-order valence-electron chi connectivity index (χ2n) is 5.73. The lowest BCUT2D eigenvalue weighted by Crippen LogP contribution is -2.09. The lowest BCUT2D eigenvalue weighted by atomic mass is 10.0. The Bertz CT molecular complexity index is 1020. The molecule has 0 fully saturated rings. The van der Waals surface area contributed by atoms with Gasteiger partial charge in [-0.15, -0.1) is 0 Å². The molecule has 134 valence electrons. The van der Waals surface area contributed by atoms with Crippen molar-refractivity contribution in [3.63, 3.8) is 0 Å². The first kappa shape index (κ1) is 19.1. The van der Waals surface area contributed by atoms with Gasteiger partial charge in [0, 0.05) is 32.4 Å². The van der Waals surface area contributed by atoms with Gasteiger partial charge in [-0.3, -0.25) is 9.59 Å². The number of ketones is 1. The van der Waals surface area contributed by atoms with Crippen molar-refractivity contribution in [2.45, 2.75) is 0 Å². The predicted octanol–water partition coefficient (Wildman–Crippen LogP) is 5.99. The van der Waals surface area contributed by atoms with Gasteiger partial charge < -0.3 is 5.32 Å². The topological polar surface area (TPSA) is 46.2 Å². The second-order valence-corrected chi connectivity index (χ2v) is 7.00. The summed E-state index contributed by atoms with van der Waals surface area (Å²) >= 11 is 9.48. The normalized spacial score (nSPS) is 10.7. The van der Waals surface area contributed by atoms with E-state index in [2.05, 4.69) is 21.2 Å². The SMILES string of the molecule is O=C(/C=C/c1ccccc1Cl)Nc1ccc(Br)c(C(=O)c2ccccc2)c1. The van der Waals surface area contributed by atoms with Crippen LogP contribution in [0.3, 0.4) is 0 Å². The molecule has 0 atom stereocenters. The molecule has 3 aromatic rings. The number of hydrogen-bond donors (Lipinski definition) is 1. The van der Waals surface area contributed by atoms with Gasteiger partial charge in [-0.1, -0.05) is 76.1 Å². The maximum atomic E-state index is 12.7. The van der Waals surface area contributed by atoms with E-state index in [1.807, 2.05) is 36.4 Å². The van der Waals surface area contributed by atoms with Crippen molar-refractivity contribution >= 4 is 51.0 Å². The zero-order chi connectivity index (χ0) is 19.2. The Hall–Kier alpha value is -2.69. The number of benzene rings is 3. The maximum Gasteiger partial charge on any atom is 0.248 e. The van der Waals surface area contributed by atoms with Gasteiger partial charge in [0.2, 0.25) is 5.91 Å². The number of halogens is 2. The summed E-state index contributed by atoms with van der Waals surface area (Å²) in [6, 6.07) is 21.4. The highest BCUT2D eigenvalue weighted by Gasteiger charge is 2.13. The molecular formula is C22H15BrClNO2. The first-order valence-electron chi connectivity index (χ1n) is 8.17. The highest BCUT2D eigenvalue weighted by molar-refractivity contribution is 9.10. The van der Waals surface area contributed by atoms with Crippen LogP contribution < -0.4 is 5.32 Å².